The minimum atomic E-state index is -0.971. The highest BCUT2D eigenvalue weighted by molar-refractivity contribution is 6.46. The summed E-state index contributed by atoms with van der Waals surface area (Å²) in [4.78, 5) is 109. The molecule has 0 spiro atoms. The molecule has 3 aromatic carbocycles. The van der Waals surface area contributed by atoms with E-state index in [1.54, 1.807) is 67.7 Å². The molecule has 2 aliphatic heterocycles. The molecule has 0 aliphatic carbocycles. The van der Waals surface area contributed by atoms with Crippen LogP contribution in [0.1, 0.15) is 74.0 Å². The fourth-order valence-corrected chi connectivity index (χ4v) is 8.93. The maximum Gasteiger partial charge on any atom is 0.295 e. The largest absolute Gasteiger partial charge is 0.359 e. The molecule has 0 bridgehead atoms. The summed E-state index contributed by atoms with van der Waals surface area (Å²) in [5.41, 5.74) is 2.95. The van der Waals surface area contributed by atoms with Crippen molar-refractivity contribution in [3.8, 4) is 17.2 Å². The molecule has 4 aromatic heterocycles. The Hall–Kier alpha value is -9.05. The number of Topliss-reactive ketones (excluding diaryl/α,β-unsaturated/α-hetero) is 2. The van der Waals surface area contributed by atoms with Crippen molar-refractivity contribution < 1.29 is 42.5 Å². The molecular weight excluding hydrogens is 888 g/mol. The van der Waals surface area contributed by atoms with Crippen LogP contribution in [0.2, 0.25) is 0 Å². The van der Waals surface area contributed by atoms with Crippen LogP contribution in [0.25, 0.3) is 38.5 Å². The average Bonchev–Trinajstić information content (AvgIpc) is 4.17. The fraction of sp³-hybridized carbons (Fsp3) is 0.200. The number of ketones is 2. The lowest BCUT2D eigenvalue weighted by Crippen LogP contribution is -2.56. The molecule has 0 unspecified atom stereocenters. The third-order valence-corrected chi connectivity index (χ3v) is 12.3. The van der Waals surface area contributed by atoms with Crippen molar-refractivity contribution in [1.82, 2.24) is 34.8 Å². The summed E-state index contributed by atoms with van der Waals surface area (Å²) >= 11 is 0. The number of rotatable bonds is 10. The summed E-state index contributed by atoms with van der Waals surface area (Å²) in [7, 11) is 0. The number of piperazine rings is 1. The highest BCUT2D eigenvalue weighted by atomic mass is 19.1. The van der Waals surface area contributed by atoms with Crippen molar-refractivity contribution in [2.75, 3.05) is 43.4 Å². The van der Waals surface area contributed by atoms with Crippen LogP contribution in [0.5, 0.6) is 0 Å². The van der Waals surface area contributed by atoms with Crippen molar-refractivity contribution in [2.45, 2.75) is 32.7 Å². The number of nitrogens with zero attached hydrogens (tertiary/aromatic N) is 6. The molecule has 0 radical (unpaired) electrons. The minimum absolute atomic E-state index is 0.0129. The van der Waals surface area contributed by atoms with E-state index in [4.69, 9.17) is 4.52 Å². The lowest BCUT2D eigenvalue weighted by molar-refractivity contribution is -0.130. The Morgan fingerprint density at radius 1 is 0.797 bits per heavy atom. The number of allylic oxidation sites excluding steroid dienone is 1. The summed E-state index contributed by atoms with van der Waals surface area (Å²) in [6.45, 7) is 3.47. The van der Waals surface area contributed by atoms with Gasteiger partial charge in [-0.15, -0.1) is 0 Å². The molecule has 9 rings (SSSR count). The van der Waals surface area contributed by atoms with Gasteiger partial charge in [0, 0.05) is 92.2 Å². The first kappa shape index (κ1) is 45.1. The van der Waals surface area contributed by atoms with Gasteiger partial charge in [-0.2, -0.15) is 5.26 Å². The van der Waals surface area contributed by atoms with Gasteiger partial charge in [-0.3, -0.25) is 38.5 Å². The number of nitriles is 1. The maximum absolute atomic E-state index is 17.0. The number of anilines is 2. The zero-order chi connectivity index (χ0) is 48.5. The second-order valence-electron chi connectivity index (χ2n) is 16.6. The number of carbonyl (C=O) groups excluding carboxylic acids is 7. The zero-order valence-electron chi connectivity index (χ0n) is 37.1. The molecular formula is C50H41FN10O8. The lowest BCUT2D eigenvalue weighted by Gasteiger charge is -2.39. The number of H-pyrrole nitrogens is 2. The van der Waals surface area contributed by atoms with Crippen molar-refractivity contribution in [3.63, 3.8) is 0 Å². The molecule has 2 fully saturated rings. The van der Waals surface area contributed by atoms with E-state index in [0.717, 1.165) is 5.57 Å². The standard InChI is InChI=1S/C50H41FN10O8/c1-27-26-60(19-20-61(27)50(68)45(63)35-24-54-43-32(35)9-6-11-38(43)58-47(65)40-12-16-56-69-40)48(66)31-8-5-7-30(21-31)33-22-39(57-28(2)62)44-41(42(33)51)36(25-55-44)46(64)49(67)59-17-13-29(14-18-59)34(23-52)37-10-3-4-15-53-37/h3-12,15-16,21-22,24-25,27,54-55H,13-14,17-20,26H2,1-2H3,(H,57,62)(H,58,65)/t27-/m1/s1. The van der Waals surface area contributed by atoms with Crippen LogP contribution in [-0.4, -0.2) is 115 Å². The van der Waals surface area contributed by atoms with Gasteiger partial charge in [-0.05, 0) is 67.3 Å². The second-order valence-corrected chi connectivity index (χ2v) is 16.6. The third-order valence-electron chi connectivity index (χ3n) is 12.3. The quantitative estimate of drug-likeness (QED) is 0.0665. The summed E-state index contributed by atoms with van der Waals surface area (Å²) in [5, 5.41) is 19.0. The number of hydrogen-bond acceptors (Lipinski definition) is 11. The number of benzene rings is 3. The van der Waals surface area contributed by atoms with Crippen LogP contribution in [0.3, 0.4) is 0 Å². The molecule has 1 atom stereocenters. The number of hydrogen-bond donors (Lipinski definition) is 4. The SMILES string of the molecule is CC(=O)Nc1cc(-c2cccc(C(=O)N3CCN(C(=O)C(=O)c4c[nH]c5c(NC(=O)c6ccno6)cccc45)[C@H](C)C3)c2)c(F)c2c(C(=O)C(=O)N3CCC(=C(C#N)c4ccccn4)CC3)c[nH]c12. The van der Waals surface area contributed by atoms with Gasteiger partial charge in [0.25, 0.3) is 35.2 Å². The summed E-state index contributed by atoms with van der Waals surface area (Å²) in [6, 6.07) is 20.7. The Balaban J connectivity index is 0.911. The summed E-state index contributed by atoms with van der Waals surface area (Å²) in [6.07, 6.45) is 6.23. The van der Waals surface area contributed by atoms with Gasteiger partial charge in [0.2, 0.25) is 11.7 Å². The van der Waals surface area contributed by atoms with Crippen molar-refractivity contribution in [1.29, 1.82) is 5.26 Å². The highest BCUT2D eigenvalue weighted by Gasteiger charge is 2.35. The Morgan fingerprint density at radius 2 is 1.55 bits per heavy atom. The Kier molecular flexibility index (Phi) is 12.2. The average molecular weight is 929 g/mol. The smallest absolute Gasteiger partial charge is 0.295 e. The van der Waals surface area contributed by atoms with Crippen molar-refractivity contribution in [2.24, 2.45) is 0 Å². The van der Waals surface area contributed by atoms with Crippen LogP contribution < -0.4 is 10.6 Å². The molecule has 18 nitrogen and oxygen atoms in total. The van der Waals surface area contributed by atoms with E-state index in [1.807, 2.05) is 0 Å². The number of amides is 5. The number of carbonyl (C=O) groups is 7. The minimum Gasteiger partial charge on any atom is -0.359 e. The molecule has 5 amide bonds. The van der Waals surface area contributed by atoms with E-state index in [-0.39, 0.29) is 82.9 Å². The Labute approximate surface area is 391 Å². The third kappa shape index (κ3) is 8.62. The highest BCUT2D eigenvalue weighted by Crippen LogP contribution is 2.37. The molecule has 346 valence electrons. The van der Waals surface area contributed by atoms with Gasteiger partial charge in [0.15, 0.2) is 0 Å². The van der Waals surface area contributed by atoms with Crippen molar-refractivity contribution in [3.05, 3.63) is 137 Å². The van der Waals surface area contributed by atoms with Gasteiger partial charge in [-0.1, -0.05) is 35.5 Å². The first-order chi connectivity index (χ1) is 33.3. The topological polar surface area (TPSA) is 248 Å². The second kappa shape index (κ2) is 18.7. The van der Waals surface area contributed by atoms with Gasteiger partial charge in [0.1, 0.15) is 11.9 Å². The number of fused-ring (bicyclic) bond motifs is 2. The van der Waals surface area contributed by atoms with E-state index in [1.165, 1.54) is 58.4 Å². The molecule has 6 heterocycles. The molecule has 69 heavy (non-hydrogen) atoms. The maximum atomic E-state index is 17.0. The number of piperidine rings is 1. The van der Waals surface area contributed by atoms with E-state index < -0.39 is 53.0 Å². The first-order valence-electron chi connectivity index (χ1n) is 21.9. The summed E-state index contributed by atoms with van der Waals surface area (Å²) < 4.78 is 21.9. The van der Waals surface area contributed by atoms with Crippen LogP contribution >= 0.6 is 0 Å². The fourth-order valence-electron chi connectivity index (χ4n) is 8.93. The molecule has 4 N–H and O–H groups in total. The first-order valence-corrected chi connectivity index (χ1v) is 21.9. The van der Waals surface area contributed by atoms with Gasteiger partial charge in [0.05, 0.1) is 51.0 Å². The molecule has 0 saturated carbocycles. The Morgan fingerprint density at radius 3 is 2.26 bits per heavy atom. The number of pyridine rings is 1. The zero-order valence-corrected chi connectivity index (χ0v) is 37.1. The Bertz CT molecular complexity index is 3320. The number of likely N-dealkylation sites (tertiary alicyclic amines) is 1. The van der Waals surface area contributed by atoms with Crippen LogP contribution in [0.15, 0.2) is 108 Å². The van der Waals surface area contributed by atoms with E-state index in [2.05, 4.69) is 36.8 Å². The van der Waals surface area contributed by atoms with Gasteiger partial charge < -0.3 is 39.8 Å². The number of para-hydroxylation sites is 1. The van der Waals surface area contributed by atoms with Gasteiger partial charge >= 0.3 is 0 Å². The number of halogens is 1. The molecule has 2 saturated heterocycles. The van der Waals surface area contributed by atoms with Crippen molar-refractivity contribution >= 4 is 79.9 Å². The number of aromatic amines is 2. The van der Waals surface area contributed by atoms with Crippen LogP contribution in [0, 0.1) is 17.1 Å². The normalized spacial score (nSPS) is 14.9. The molecule has 19 heteroatoms. The predicted molar refractivity (Wildman–Crippen MR) is 249 cm³/mol. The van der Waals surface area contributed by atoms with E-state index in [9.17, 15) is 38.8 Å². The predicted octanol–water partition coefficient (Wildman–Crippen LogP) is 6.39. The molecule has 2 aliphatic rings. The number of nitrogens with one attached hydrogen (secondary N) is 4. The van der Waals surface area contributed by atoms with E-state index >= 15 is 4.39 Å². The van der Waals surface area contributed by atoms with Gasteiger partial charge in [-0.25, -0.2) is 4.39 Å². The number of aromatic nitrogens is 4. The van der Waals surface area contributed by atoms with Crippen LogP contribution in [0.4, 0.5) is 15.8 Å². The van der Waals surface area contributed by atoms with Crippen LogP contribution in [-0.2, 0) is 14.4 Å². The lowest BCUT2D eigenvalue weighted by atomic mass is 9.95. The summed E-state index contributed by atoms with van der Waals surface area (Å²) in [5.74, 6) is -5.72. The van der Waals surface area contributed by atoms with E-state index in [0.29, 0.717) is 40.7 Å². The molecule has 7 aromatic rings. The monoisotopic (exact) mass is 928 g/mol.